The van der Waals surface area contributed by atoms with Gasteiger partial charge < -0.3 is 19.1 Å². The Morgan fingerprint density at radius 2 is 1.85 bits per heavy atom. The molecule has 2 aromatic heterocycles. The summed E-state index contributed by atoms with van der Waals surface area (Å²) in [5.41, 5.74) is 0.768. The van der Waals surface area contributed by atoms with E-state index in [1.54, 1.807) is 50.4 Å². The van der Waals surface area contributed by atoms with Crippen molar-refractivity contribution in [1.82, 2.24) is 19.7 Å². The van der Waals surface area contributed by atoms with Crippen molar-refractivity contribution in [3.05, 3.63) is 53.9 Å². The van der Waals surface area contributed by atoms with E-state index in [1.807, 2.05) is 0 Å². The number of benzene rings is 1. The van der Waals surface area contributed by atoms with Crippen molar-refractivity contribution in [2.24, 2.45) is 7.05 Å². The van der Waals surface area contributed by atoms with Crippen molar-refractivity contribution in [3.8, 4) is 28.6 Å². The number of halogens is 3. The van der Waals surface area contributed by atoms with Gasteiger partial charge in [-0.15, -0.1) is 0 Å². The first kappa shape index (κ1) is 22.4. The maximum atomic E-state index is 12.9. The predicted octanol–water partition coefficient (Wildman–Crippen LogP) is 3.42. The Hall–Kier alpha value is -3.76. The van der Waals surface area contributed by atoms with Crippen molar-refractivity contribution < 1.29 is 32.2 Å². The molecule has 1 fully saturated rings. The number of hydrogen-bond donors (Lipinski definition) is 0. The maximum absolute atomic E-state index is 12.9. The van der Waals surface area contributed by atoms with E-state index in [0.29, 0.717) is 28.5 Å². The number of aromatic nitrogens is 3. The van der Waals surface area contributed by atoms with E-state index < -0.39 is 11.7 Å². The molecule has 1 aromatic carbocycles. The van der Waals surface area contributed by atoms with Gasteiger partial charge in [-0.3, -0.25) is 9.48 Å². The number of rotatable bonds is 6. The molecule has 0 bridgehead atoms. The topological polar surface area (TPSA) is 78.7 Å². The summed E-state index contributed by atoms with van der Waals surface area (Å²) in [4.78, 5) is 18.2. The van der Waals surface area contributed by atoms with Crippen LogP contribution in [0.15, 0.2) is 42.6 Å². The predicted molar refractivity (Wildman–Crippen MR) is 111 cm³/mol. The van der Waals surface area contributed by atoms with Crippen LogP contribution in [-0.2, 0) is 13.2 Å². The van der Waals surface area contributed by atoms with Crippen LogP contribution in [0.25, 0.3) is 11.3 Å². The summed E-state index contributed by atoms with van der Waals surface area (Å²) in [6, 6.07) is 9.06. The Labute approximate surface area is 187 Å². The number of hydrogen-bond acceptors (Lipinski definition) is 6. The molecule has 1 amide bonds. The highest BCUT2D eigenvalue weighted by atomic mass is 19.4. The molecule has 4 rings (SSSR count). The van der Waals surface area contributed by atoms with Crippen LogP contribution >= 0.6 is 0 Å². The SMILES string of the molecule is COc1ccc(OC)c(-c2cc(C(=O)N3CC(Oc4ccc(C(F)(F)F)cn4)C3)n(C)n2)c1. The number of alkyl halides is 3. The molecule has 1 aliphatic rings. The maximum Gasteiger partial charge on any atom is 0.417 e. The van der Waals surface area contributed by atoms with Crippen LogP contribution in [0.3, 0.4) is 0 Å². The lowest BCUT2D eigenvalue weighted by atomic mass is 10.1. The fraction of sp³-hybridized carbons (Fsp3) is 0.318. The molecule has 0 unspecified atom stereocenters. The molecule has 0 saturated carbocycles. The largest absolute Gasteiger partial charge is 0.497 e. The minimum atomic E-state index is -4.46. The van der Waals surface area contributed by atoms with Gasteiger partial charge in [-0.05, 0) is 30.3 Å². The zero-order valence-electron chi connectivity index (χ0n) is 18.1. The number of carbonyl (C=O) groups is 1. The molecule has 0 aliphatic carbocycles. The van der Waals surface area contributed by atoms with E-state index in [0.717, 1.165) is 12.3 Å². The fourth-order valence-electron chi connectivity index (χ4n) is 3.44. The van der Waals surface area contributed by atoms with E-state index in [9.17, 15) is 18.0 Å². The Morgan fingerprint density at radius 1 is 1.09 bits per heavy atom. The minimum absolute atomic E-state index is 0.0769. The van der Waals surface area contributed by atoms with Crippen molar-refractivity contribution in [1.29, 1.82) is 0 Å². The van der Waals surface area contributed by atoms with E-state index in [4.69, 9.17) is 14.2 Å². The smallest absolute Gasteiger partial charge is 0.417 e. The Kier molecular flexibility index (Phi) is 5.88. The van der Waals surface area contributed by atoms with Gasteiger partial charge >= 0.3 is 6.18 Å². The molecule has 0 spiro atoms. The van der Waals surface area contributed by atoms with Crippen molar-refractivity contribution >= 4 is 5.91 Å². The lowest BCUT2D eigenvalue weighted by Gasteiger charge is -2.38. The number of amides is 1. The average Bonchev–Trinajstić information content (AvgIpc) is 3.16. The highest BCUT2D eigenvalue weighted by Crippen LogP contribution is 2.33. The second kappa shape index (κ2) is 8.64. The first-order chi connectivity index (χ1) is 15.7. The molecule has 11 heteroatoms. The van der Waals surface area contributed by atoms with Gasteiger partial charge in [0.25, 0.3) is 5.91 Å². The summed E-state index contributed by atoms with van der Waals surface area (Å²) in [7, 11) is 4.77. The zero-order chi connectivity index (χ0) is 23.8. The third-order valence-electron chi connectivity index (χ3n) is 5.27. The number of likely N-dealkylation sites (tertiary alicyclic amines) is 1. The Bertz CT molecular complexity index is 1160. The summed E-state index contributed by atoms with van der Waals surface area (Å²) in [5.74, 6) is 1.06. The number of aryl methyl sites for hydroxylation is 1. The third kappa shape index (κ3) is 4.57. The van der Waals surface area contributed by atoms with Gasteiger partial charge in [0.1, 0.15) is 23.3 Å². The molecule has 1 aliphatic heterocycles. The molecule has 33 heavy (non-hydrogen) atoms. The van der Waals surface area contributed by atoms with Gasteiger partial charge in [0, 0.05) is 24.9 Å². The first-order valence-corrected chi connectivity index (χ1v) is 9.95. The van der Waals surface area contributed by atoms with Crippen LogP contribution in [-0.4, -0.2) is 59.0 Å². The number of pyridine rings is 1. The first-order valence-electron chi connectivity index (χ1n) is 9.95. The molecule has 174 valence electrons. The molecule has 3 aromatic rings. The molecule has 0 radical (unpaired) electrons. The summed E-state index contributed by atoms with van der Waals surface area (Å²) in [6.07, 6.45) is -4.09. The average molecular weight is 462 g/mol. The highest BCUT2D eigenvalue weighted by molar-refractivity contribution is 5.94. The zero-order valence-corrected chi connectivity index (χ0v) is 18.1. The second-order valence-electron chi connectivity index (χ2n) is 7.44. The van der Waals surface area contributed by atoms with Crippen molar-refractivity contribution in [2.75, 3.05) is 27.3 Å². The van der Waals surface area contributed by atoms with E-state index in [2.05, 4.69) is 10.1 Å². The molecule has 1 saturated heterocycles. The Balaban J connectivity index is 1.42. The summed E-state index contributed by atoms with van der Waals surface area (Å²) >= 11 is 0. The van der Waals surface area contributed by atoms with Gasteiger partial charge in [0.15, 0.2) is 0 Å². The monoisotopic (exact) mass is 462 g/mol. The fourth-order valence-corrected chi connectivity index (χ4v) is 3.44. The van der Waals surface area contributed by atoms with Crippen LogP contribution in [0.4, 0.5) is 13.2 Å². The van der Waals surface area contributed by atoms with Gasteiger partial charge in [-0.2, -0.15) is 18.3 Å². The van der Waals surface area contributed by atoms with Crippen LogP contribution in [0.5, 0.6) is 17.4 Å². The van der Waals surface area contributed by atoms with Crippen LogP contribution < -0.4 is 14.2 Å². The van der Waals surface area contributed by atoms with Crippen LogP contribution in [0.1, 0.15) is 16.1 Å². The lowest BCUT2D eigenvalue weighted by Crippen LogP contribution is -2.56. The minimum Gasteiger partial charge on any atom is -0.497 e. The lowest BCUT2D eigenvalue weighted by molar-refractivity contribution is -0.137. The number of nitrogens with zero attached hydrogens (tertiary/aromatic N) is 4. The summed E-state index contributed by atoms with van der Waals surface area (Å²) < 4.78 is 55.6. The molecule has 3 heterocycles. The number of carbonyl (C=O) groups excluding carboxylic acids is 1. The normalized spacial score (nSPS) is 14.1. The van der Waals surface area contributed by atoms with E-state index in [-0.39, 0.29) is 31.0 Å². The Morgan fingerprint density at radius 3 is 2.45 bits per heavy atom. The standard InChI is InChI=1S/C22H21F3N4O4/c1-28-18(9-17(27-28)16-8-14(31-2)5-6-19(16)32-3)21(30)29-11-15(12-29)33-20-7-4-13(10-26-20)22(23,24)25/h4-10,15H,11-12H2,1-3H3. The van der Waals surface area contributed by atoms with Crippen LogP contribution in [0.2, 0.25) is 0 Å². The molecule has 0 atom stereocenters. The molecular formula is C22H21F3N4O4. The van der Waals surface area contributed by atoms with Gasteiger partial charge in [0.05, 0.1) is 38.6 Å². The third-order valence-corrected chi connectivity index (χ3v) is 5.27. The summed E-state index contributed by atoms with van der Waals surface area (Å²) in [5, 5.41) is 4.44. The van der Waals surface area contributed by atoms with Crippen LogP contribution in [0, 0.1) is 0 Å². The number of ether oxygens (including phenoxy) is 3. The molecule has 8 nitrogen and oxygen atoms in total. The van der Waals surface area contributed by atoms with Crippen molar-refractivity contribution in [3.63, 3.8) is 0 Å². The van der Waals surface area contributed by atoms with Crippen molar-refractivity contribution in [2.45, 2.75) is 12.3 Å². The molecule has 0 N–H and O–H groups in total. The van der Waals surface area contributed by atoms with Gasteiger partial charge in [-0.25, -0.2) is 4.98 Å². The van der Waals surface area contributed by atoms with Gasteiger partial charge in [-0.1, -0.05) is 0 Å². The quantitative estimate of drug-likeness (QED) is 0.559. The second-order valence-corrected chi connectivity index (χ2v) is 7.44. The summed E-state index contributed by atoms with van der Waals surface area (Å²) in [6.45, 7) is 0.565. The highest BCUT2D eigenvalue weighted by Gasteiger charge is 2.35. The van der Waals surface area contributed by atoms with E-state index >= 15 is 0 Å². The number of methoxy groups -OCH3 is 2. The van der Waals surface area contributed by atoms with E-state index in [1.165, 1.54) is 10.7 Å². The molecular weight excluding hydrogens is 441 g/mol. The van der Waals surface area contributed by atoms with Gasteiger partial charge in [0.2, 0.25) is 5.88 Å².